The molecule has 2 unspecified atom stereocenters. The van der Waals surface area contributed by atoms with Crippen molar-refractivity contribution < 1.29 is 0 Å². The third kappa shape index (κ3) is 2.63. The lowest BCUT2D eigenvalue weighted by atomic mass is 9.66. The van der Waals surface area contributed by atoms with E-state index in [-0.39, 0.29) is 5.54 Å². The van der Waals surface area contributed by atoms with Crippen LogP contribution in [0.15, 0.2) is 48.5 Å². The van der Waals surface area contributed by atoms with E-state index in [1.54, 1.807) is 0 Å². The summed E-state index contributed by atoms with van der Waals surface area (Å²) < 4.78 is 0. The quantitative estimate of drug-likeness (QED) is 0.838. The van der Waals surface area contributed by atoms with Gasteiger partial charge < -0.3 is 5.73 Å². The second-order valence-electron chi connectivity index (χ2n) is 6.57. The van der Waals surface area contributed by atoms with Gasteiger partial charge in [0, 0.05) is 11.5 Å². The topological polar surface area (TPSA) is 26.0 Å². The van der Waals surface area contributed by atoms with Crippen molar-refractivity contribution >= 4 is 0 Å². The van der Waals surface area contributed by atoms with Crippen molar-refractivity contribution in [2.24, 2.45) is 5.73 Å². The highest BCUT2D eigenvalue weighted by molar-refractivity contribution is 5.40. The van der Waals surface area contributed by atoms with Gasteiger partial charge in [0.1, 0.15) is 0 Å². The molecule has 1 saturated carbocycles. The van der Waals surface area contributed by atoms with E-state index in [0.29, 0.717) is 5.92 Å². The van der Waals surface area contributed by atoms with E-state index >= 15 is 0 Å². The molecule has 1 aliphatic carbocycles. The van der Waals surface area contributed by atoms with Gasteiger partial charge in [-0.25, -0.2) is 0 Å². The molecule has 0 spiro atoms. The van der Waals surface area contributed by atoms with E-state index < -0.39 is 0 Å². The third-order valence-electron chi connectivity index (χ3n) is 5.04. The predicted octanol–water partition coefficient (Wildman–Crippen LogP) is 4.82. The molecule has 0 aromatic heterocycles. The van der Waals surface area contributed by atoms with Crippen LogP contribution in [0, 0.1) is 13.8 Å². The number of rotatable bonds is 2. The zero-order valence-corrected chi connectivity index (χ0v) is 13.1. The van der Waals surface area contributed by atoms with E-state index in [1.807, 2.05) is 0 Å². The average molecular weight is 279 g/mol. The maximum absolute atomic E-state index is 7.01. The molecule has 0 amide bonds. The van der Waals surface area contributed by atoms with Crippen molar-refractivity contribution in [1.29, 1.82) is 0 Å². The molecule has 1 fully saturated rings. The summed E-state index contributed by atoms with van der Waals surface area (Å²) >= 11 is 0. The molecule has 110 valence electrons. The summed E-state index contributed by atoms with van der Waals surface area (Å²) in [7, 11) is 0. The van der Waals surface area contributed by atoms with E-state index in [2.05, 4.69) is 62.4 Å². The van der Waals surface area contributed by atoms with Crippen LogP contribution in [-0.2, 0) is 5.54 Å². The van der Waals surface area contributed by atoms with Gasteiger partial charge in [0.05, 0.1) is 0 Å². The van der Waals surface area contributed by atoms with Crippen molar-refractivity contribution in [3.05, 3.63) is 70.8 Å². The zero-order valence-electron chi connectivity index (χ0n) is 13.1. The Morgan fingerprint density at radius 3 is 2.48 bits per heavy atom. The Morgan fingerprint density at radius 1 is 1.00 bits per heavy atom. The van der Waals surface area contributed by atoms with Crippen LogP contribution >= 0.6 is 0 Å². The first-order valence-corrected chi connectivity index (χ1v) is 8.03. The maximum atomic E-state index is 7.01. The van der Waals surface area contributed by atoms with E-state index in [4.69, 9.17) is 5.73 Å². The second-order valence-corrected chi connectivity index (χ2v) is 6.57. The van der Waals surface area contributed by atoms with Crippen molar-refractivity contribution in [2.75, 3.05) is 0 Å². The maximum Gasteiger partial charge on any atom is 0.0481 e. The fraction of sp³-hybridized carbons (Fsp3) is 0.400. The van der Waals surface area contributed by atoms with Crippen LogP contribution in [0.2, 0.25) is 0 Å². The first kappa shape index (κ1) is 14.3. The Morgan fingerprint density at radius 2 is 1.76 bits per heavy atom. The van der Waals surface area contributed by atoms with Crippen molar-refractivity contribution in [1.82, 2.24) is 0 Å². The lowest BCUT2D eigenvalue weighted by molar-refractivity contribution is 0.253. The predicted molar refractivity (Wildman–Crippen MR) is 89.4 cm³/mol. The van der Waals surface area contributed by atoms with Gasteiger partial charge in [0.15, 0.2) is 0 Å². The van der Waals surface area contributed by atoms with Gasteiger partial charge in [-0.3, -0.25) is 0 Å². The van der Waals surface area contributed by atoms with Crippen molar-refractivity contribution in [3.8, 4) is 0 Å². The number of hydrogen-bond donors (Lipinski definition) is 1. The lowest BCUT2D eigenvalue weighted by Crippen LogP contribution is -2.45. The standard InChI is InChI=1S/C20H25N/c1-15-11-12-18(16(2)14-15)20(21)13-7-6-10-19(20)17-8-4-3-5-9-17/h3-5,8-9,11-12,14,19H,6-7,10,13,21H2,1-2H3. The summed E-state index contributed by atoms with van der Waals surface area (Å²) in [5.41, 5.74) is 12.2. The Bertz CT molecular complexity index is 617. The van der Waals surface area contributed by atoms with Gasteiger partial charge in [-0.1, -0.05) is 66.9 Å². The molecular weight excluding hydrogens is 254 g/mol. The van der Waals surface area contributed by atoms with Gasteiger partial charge in [-0.05, 0) is 43.4 Å². The molecule has 0 bridgehead atoms. The Labute approximate surface area is 128 Å². The normalized spacial score (nSPS) is 25.8. The SMILES string of the molecule is Cc1ccc(C2(N)CCCCC2c2ccccc2)c(C)c1. The van der Waals surface area contributed by atoms with E-state index in [1.165, 1.54) is 41.5 Å². The minimum atomic E-state index is -0.225. The van der Waals surface area contributed by atoms with Crippen LogP contribution in [0.5, 0.6) is 0 Å². The number of hydrogen-bond acceptors (Lipinski definition) is 1. The van der Waals surface area contributed by atoms with Crippen LogP contribution < -0.4 is 5.73 Å². The van der Waals surface area contributed by atoms with Gasteiger partial charge >= 0.3 is 0 Å². The molecule has 1 aliphatic rings. The van der Waals surface area contributed by atoms with Crippen molar-refractivity contribution in [3.63, 3.8) is 0 Å². The molecule has 0 radical (unpaired) electrons. The fourth-order valence-electron chi connectivity index (χ4n) is 4.01. The molecule has 0 heterocycles. The van der Waals surface area contributed by atoms with E-state index in [0.717, 1.165) is 6.42 Å². The first-order chi connectivity index (χ1) is 10.1. The lowest BCUT2D eigenvalue weighted by Gasteiger charge is -2.43. The highest BCUT2D eigenvalue weighted by Crippen LogP contribution is 2.46. The highest BCUT2D eigenvalue weighted by atomic mass is 14.8. The summed E-state index contributed by atoms with van der Waals surface area (Å²) in [5, 5.41) is 0. The molecule has 3 rings (SSSR count). The number of benzene rings is 2. The molecule has 2 N–H and O–H groups in total. The monoisotopic (exact) mass is 279 g/mol. The minimum Gasteiger partial charge on any atom is -0.321 e. The fourth-order valence-corrected chi connectivity index (χ4v) is 4.01. The molecule has 2 atom stereocenters. The smallest absolute Gasteiger partial charge is 0.0481 e. The summed E-state index contributed by atoms with van der Waals surface area (Å²) in [6, 6.07) is 17.5. The van der Waals surface area contributed by atoms with Crippen LogP contribution in [0.25, 0.3) is 0 Å². The molecule has 1 nitrogen and oxygen atoms in total. The van der Waals surface area contributed by atoms with Gasteiger partial charge in [-0.2, -0.15) is 0 Å². The highest BCUT2D eigenvalue weighted by Gasteiger charge is 2.40. The molecule has 2 aromatic carbocycles. The van der Waals surface area contributed by atoms with Gasteiger partial charge in [-0.15, -0.1) is 0 Å². The average Bonchev–Trinajstić information content (AvgIpc) is 2.48. The van der Waals surface area contributed by atoms with Crippen LogP contribution in [-0.4, -0.2) is 0 Å². The van der Waals surface area contributed by atoms with Crippen LogP contribution in [0.4, 0.5) is 0 Å². The number of aryl methyl sites for hydroxylation is 2. The minimum absolute atomic E-state index is 0.225. The summed E-state index contributed by atoms with van der Waals surface area (Å²) in [6.45, 7) is 4.35. The Hall–Kier alpha value is -1.60. The molecule has 2 aromatic rings. The molecular formula is C20H25N. The van der Waals surface area contributed by atoms with Gasteiger partial charge in [0.25, 0.3) is 0 Å². The van der Waals surface area contributed by atoms with Crippen LogP contribution in [0.1, 0.15) is 53.9 Å². The number of nitrogens with two attached hydrogens (primary N) is 1. The molecule has 0 aliphatic heterocycles. The second kappa shape index (κ2) is 5.65. The third-order valence-corrected chi connectivity index (χ3v) is 5.04. The molecule has 21 heavy (non-hydrogen) atoms. The molecule has 0 saturated heterocycles. The largest absolute Gasteiger partial charge is 0.321 e. The summed E-state index contributed by atoms with van der Waals surface area (Å²) in [4.78, 5) is 0. The van der Waals surface area contributed by atoms with Gasteiger partial charge in [0.2, 0.25) is 0 Å². The molecule has 1 heteroatoms. The summed E-state index contributed by atoms with van der Waals surface area (Å²) in [5.74, 6) is 0.425. The van der Waals surface area contributed by atoms with E-state index in [9.17, 15) is 0 Å². The Kier molecular flexibility index (Phi) is 3.86. The zero-order chi connectivity index (χ0) is 14.9. The summed E-state index contributed by atoms with van der Waals surface area (Å²) in [6.07, 6.45) is 4.78. The van der Waals surface area contributed by atoms with Crippen molar-refractivity contribution in [2.45, 2.75) is 51.0 Å². The Balaban J connectivity index is 2.07. The van der Waals surface area contributed by atoms with Crippen LogP contribution in [0.3, 0.4) is 0 Å². The first-order valence-electron chi connectivity index (χ1n) is 8.03.